The lowest BCUT2D eigenvalue weighted by Gasteiger charge is -2.34. The number of hydrogen-bond donors (Lipinski definition) is 0. The van der Waals surface area contributed by atoms with Crippen molar-refractivity contribution in [3.63, 3.8) is 0 Å². The van der Waals surface area contributed by atoms with Gasteiger partial charge in [0.2, 0.25) is 16.0 Å². The Labute approximate surface area is 185 Å². The van der Waals surface area contributed by atoms with Gasteiger partial charge in [0.15, 0.2) is 11.5 Å². The van der Waals surface area contributed by atoms with E-state index < -0.39 is 10.0 Å². The highest BCUT2D eigenvalue weighted by molar-refractivity contribution is 7.89. The van der Waals surface area contributed by atoms with Gasteiger partial charge in [0, 0.05) is 42.2 Å². The van der Waals surface area contributed by atoms with E-state index in [0.29, 0.717) is 48.6 Å². The van der Waals surface area contributed by atoms with Crippen molar-refractivity contribution in [3.05, 3.63) is 53.6 Å². The predicted molar refractivity (Wildman–Crippen MR) is 122 cm³/mol. The zero-order valence-corrected chi connectivity index (χ0v) is 18.5. The van der Waals surface area contributed by atoms with Crippen LogP contribution < -0.4 is 4.90 Å². The second-order valence-electron chi connectivity index (χ2n) is 7.41. The number of nitrogens with zero attached hydrogens (tertiary/aromatic N) is 6. The molecule has 0 amide bonds. The molecule has 1 aliphatic rings. The van der Waals surface area contributed by atoms with Crippen LogP contribution in [0.2, 0.25) is 5.02 Å². The van der Waals surface area contributed by atoms with E-state index in [-0.39, 0.29) is 5.75 Å². The molecule has 1 fully saturated rings. The van der Waals surface area contributed by atoms with Crippen LogP contribution in [-0.2, 0) is 10.0 Å². The van der Waals surface area contributed by atoms with E-state index in [1.54, 1.807) is 11.2 Å². The Morgan fingerprint density at radius 2 is 1.68 bits per heavy atom. The first-order valence-electron chi connectivity index (χ1n) is 10.1. The Hall–Kier alpha value is -2.75. The van der Waals surface area contributed by atoms with Crippen molar-refractivity contribution in [2.45, 2.75) is 6.92 Å². The third-order valence-corrected chi connectivity index (χ3v) is 7.74. The maximum atomic E-state index is 12.3. The summed E-state index contributed by atoms with van der Waals surface area (Å²) < 4.78 is 28.0. The Morgan fingerprint density at radius 3 is 2.39 bits per heavy atom. The van der Waals surface area contributed by atoms with Crippen molar-refractivity contribution in [2.75, 3.05) is 36.8 Å². The average Bonchev–Trinajstić information content (AvgIpc) is 3.25. The molecule has 1 saturated heterocycles. The normalized spacial score (nSPS) is 15.7. The first-order chi connectivity index (χ1) is 15.0. The van der Waals surface area contributed by atoms with Crippen LogP contribution in [0.4, 0.5) is 5.95 Å². The van der Waals surface area contributed by atoms with Crippen molar-refractivity contribution in [1.29, 1.82) is 0 Å². The highest BCUT2D eigenvalue weighted by Gasteiger charge is 2.28. The van der Waals surface area contributed by atoms with Crippen LogP contribution in [-0.4, -0.2) is 64.2 Å². The molecule has 2 aromatic heterocycles. The van der Waals surface area contributed by atoms with Crippen molar-refractivity contribution in [1.82, 2.24) is 23.9 Å². The number of halogens is 1. The number of benzene rings is 2. The average molecular weight is 457 g/mol. The molecule has 0 spiro atoms. The molecule has 4 aromatic rings. The lowest BCUT2D eigenvalue weighted by atomic mass is 10.2. The number of rotatable bonds is 4. The topological polar surface area (TPSA) is 83.7 Å². The number of fused-ring (bicyclic) bond motifs is 3. The Balaban J connectivity index is 1.64. The molecule has 0 radical (unpaired) electrons. The molecule has 31 heavy (non-hydrogen) atoms. The number of sulfonamides is 1. The molecule has 0 atom stereocenters. The van der Waals surface area contributed by atoms with Crippen LogP contribution >= 0.6 is 11.6 Å². The van der Waals surface area contributed by atoms with Gasteiger partial charge in [-0.05, 0) is 43.3 Å². The van der Waals surface area contributed by atoms with Crippen LogP contribution in [0.3, 0.4) is 0 Å². The second kappa shape index (κ2) is 7.74. The summed E-state index contributed by atoms with van der Waals surface area (Å²) in [6, 6.07) is 15.3. The van der Waals surface area contributed by atoms with Gasteiger partial charge in [-0.15, -0.1) is 10.2 Å². The summed E-state index contributed by atoms with van der Waals surface area (Å²) in [4.78, 5) is 7.03. The summed E-state index contributed by atoms with van der Waals surface area (Å²) in [6.45, 7) is 3.59. The largest absolute Gasteiger partial charge is 0.339 e. The number of aromatic nitrogens is 4. The molecule has 0 bridgehead atoms. The molecule has 0 aliphatic carbocycles. The van der Waals surface area contributed by atoms with E-state index in [1.165, 1.54) is 0 Å². The minimum atomic E-state index is -3.21. The quantitative estimate of drug-likeness (QED) is 0.469. The molecule has 0 saturated carbocycles. The van der Waals surface area contributed by atoms with Crippen LogP contribution in [0.15, 0.2) is 48.5 Å². The van der Waals surface area contributed by atoms with Crippen LogP contribution in [0.5, 0.6) is 0 Å². The van der Waals surface area contributed by atoms with Gasteiger partial charge >= 0.3 is 0 Å². The molecule has 160 valence electrons. The monoisotopic (exact) mass is 456 g/mol. The number of hydrogen-bond acceptors (Lipinski definition) is 6. The minimum Gasteiger partial charge on any atom is -0.339 e. The fraction of sp³-hybridized carbons (Fsp3) is 0.286. The zero-order valence-electron chi connectivity index (χ0n) is 16.9. The lowest BCUT2D eigenvalue weighted by Crippen LogP contribution is -2.49. The highest BCUT2D eigenvalue weighted by atomic mass is 35.5. The molecular formula is C21H21ClN6O2S. The molecule has 2 aromatic carbocycles. The predicted octanol–water partition coefficient (Wildman–Crippen LogP) is 3.07. The van der Waals surface area contributed by atoms with Gasteiger partial charge in [-0.25, -0.2) is 17.8 Å². The van der Waals surface area contributed by atoms with Gasteiger partial charge in [0.05, 0.1) is 11.3 Å². The molecule has 10 heteroatoms. The van der Waals surface area contributed by atoms with Gasteiger partial charge in [0.1, 0.15) is 0 Å². The van der Waals surface area contributed by atoms with Gasteiger partial charge in [-0.2, -0.15) is 4.31 Å². The SMILES string of the molecule is CCS(=O)(=O)N1CCN(c2nc3ccccc3c3nnc(-c4ccc(Cl)cc4)n23)CC1. The second-order valence-corrected chi connectivity index (χ2v) is 10.1. The van der Waals surface area contributed by atoms with E-state index in [9.17, 15) is 8.42 Å². The van der Waals surface area contributed by atoms with Gasteiger partial charge in [-0.1, -0.05) is 23.7 Å². The third kappa shape index (κ3) is 3.52. The smallest absolute Gasteiger partial charge is 0.213 e. The molecule has 8 nitrogen and oxygen atoms in total. The zero-order chi connectivity index (χ0) is 21.6. The van der Waals surface area contributed by atoms with Crippen LogP contribution in [0.1, 0.15) is 6.92 Å². The summed E-state index contributed by atoms with van der Waals surface area (Å²) in [5.41, 5.74) is 2.42. The summed E-state index contributed by atoms with van der Waals surface area (Å²) in [7, 11) is -3.21. The van der Waals surface area contributed by atoms with Crippen molar-refractivity contribution >= 4 is 44.1 Å². The van der Waals surface area contributed by atoms with Gasteiger partial charge < -0.3 is 4.90 Å². The van der Waals surface area contributed by atoms with Crippen LogP contribution in [0.25, 0.3) is 27.9 Å². The molecule has 0 unspecified atom stereocenters. The fourth-order valence-electron chi connectivity index (χ4n) is 3.91. The first-order valence-corrected chi connectivity index (χ1v) is 12.1. The minimum absolute atomic E-state index is 0.109. The maximum Gasteiger partial charge on any atom is 0.213 e. The van der Waals surface area contributed by atoms with Crippen molar-refractivity contribution < 1.29 is 8.42 Å². The Morgan fingerprint density at radius 1 is 0.968 bits per heavy atom. The summed E-state index contributed by atoms with van der Waals surface area (Å²) in [5.74, 6) is 1.48. The molecule has 5 rings (SSSR count). The number of anilines is 1. The Kier molecular flexibility index (Phi) is 5.04. The third-order valence-electron chi connectivity index (χ3n) is 5.61. The highest BCUT2D eigenvalue weighted by Crippen LogP contribution is 2.29. The van der Waals surface area contributed by atoms with Gasteiger partial charge in [0.25, 0.3) is 0 Å². The number of piperazine rings is 1. The van der Waals surface area contributed by atoms with E-state index in [4.69, 9.17) is 16.6 Å². The van der Waals surface area contributed by atoms with Crippen molar-refractivity contribution in [3.8, 4) is 11.4 Å². The van der Waals surface area contributed by atoms with E-state index in [2.05, 4.69) is 15.1 Å². The van der Waals surface area contributed by atoms with E-state index in [0.717, 1.165) is 16.5 Å². The van der Waals surface area contributed by atoms with Crippen LogP contribution in [0, 0.1) is 0 Å². The molecular weight excluding hydrogens is 436 g/mol. The summed E-state index contributed by atoms with van der Waals surface area (Å²) >= 11 is 6.07. The first kappa shape index (κ1) is 20.2. The molecule has 0 N–H and O–H groups in total. The van der Waals surface area contributed by atoms with E-state index in [1.807, 2.05) is 52.9 Å². The standard InChI is InChI=1S/C21H21ClN6O2S/c1-2-31(29,30)27-13-11-26(12-14-27)21-23-18-6-4-3-5-17(18)20-25-24-19(28(20)21)15-7-9-16(22)10-8-15/h3-10H,2,11-14H2,1H3. The summed E-state index contributed by atoms with van der Waals surface area (Å²) in [5, 5.41) is 10.5. The Bertz CT molecular complexity index is 1360. The van der Waals surface area contributed by atoms with E-state index >= 15 is 0 Å². The fourth-order valence-corrected chi connectivity index (χ4v) is 5.12. The van der Waals surface area contributed by atoms with Crippen molar-refractivity contribution in [2.24, 2.45) is 0 Å². The maximum absolute atomic E-state index is 12.3. The van der Waals surface area contributed by atoms with Gasteiger partial charge in [-0.3, -0.25) is 0 Å². The molecule has 3 heterocycles. The lowest BCUT2D eigenvalue weighted by molar-refractivity contribution is 0.383. The number of para-hydroxylation sites is 1. The summed E-state index contributed by atoms with van der Waals surface area (Å²) in [6.07, 6.45) is 0. The molecule has 1 aliphatic heterocycles.